The summed E-state index contributed by atoms with van der Waals surface area (Å²) in [5.74, 6) is -0.894. The van der Waals surface area contributed by atoms with Crippen LogP contribution in [0.4, 0.5) is 0 Å². The molecule has 1 aliphatic carbocycles. The number of hydrogen-bond acceptors (Lipinski definition) is 4. The summed E-state index contributed by atoms with van der Waals surface area (Å²) in [4.78, 5) is 23.7. The minimum absolute atomic E-state index is 0.0698. The fraction of sp³-hybridized carbons (Fsp3) is 0.316. The highest BCUT2D eigenvalue weighted by Crippen LogP contribution is 2.38. The van der Waals surface area contributed by atoms with E-state index in [1.165, 1.54) is 0 Å². The zero-order chi connectivity index (χ0) is 19.1. The van der Waals surface area contributed by atoms with Gasteiger partial charge in [0.1, 0.15) is 5.76 Å². The Bertz CT molecular complexity index is 910. The average molecular weight is 419 g/mol. The molecule has 1 aromatic heterocycles. The number of benzene rings is 1. The van der Waals surface area contributed by atoms with Crippen LogP contribution in [-0.2, 0) is 6.42 Å². The molecule has 1 aliphatic rings. The molecule has 136 valence electrons. The van der Waals surface area contributed by atoms with Crippen molar-refractivity contribution in [2.75, 3.05) is 0 Å². The van der Waals surface area contributed by atoms with E-state index >= 15 is 0 Å². The standard InChI is InChI=1S/C19H19BrN2O4/c1-10-15-13(21-22-17(23)11-4-6-12(20)7-5-11)8-19(2,3)9-14(15)26-16(10)18(24)25/h4-7H,8-9H2,1-3H3,(H,22,23)(H,24,25)/b21-13+. The number of carbonyl (C=O) groups excluding carboxylic acids is 1. The Morgan fingerprint density at radius 2 is 1.88 bits per heavy atom. The van der Waals surface area contributed by atoms with Crippen molar-refractivity contribution < 1.29 is 19.1 Å². The SMILES string of the molecule is Cc1c(C(=O)O)oc2c1/C(=N/NC(=O)c1ccc(Br)cc1)CC(C)(C)C2. The van der Waals surface area contributed by atoms with Crippen LogP contribution in [0.15, 0.2) is 38.3 Å². The van der Waals surface area contributed by atoms with Crippen molar-refractivity contribution >= 4 is 33.5 Å². The number of furan rings is 1. The maximum absolute atomic E-state index is 12.3. The van der Waals surface area contributed by atoms with Crippen LogP contribution < -0.4 is 5.43 Å². The number of hydrazone groups is 1. The topological polar surface area (TPSA) is 91.9 Å². The van der Waals surface area contributed by atoms with Gasteiger partial charge in [0, 0.05) is 27.6 Å². The van der Waals surface area contributed by atoms with Crippen molar-refractivity contribution in [3.05, 3.63) is 56.9 Å². The van der Waals surface area contributed by atoms with E-state index in [1.54, 1.807) is 31.2 Å². The Kier molecular flexibility index (Phi) is 4.75. The van der Waals surface area contributed by atoms with Gasteiger partial charge in [0.05, 0.1) is 5.71 Å². The number of aromatic carboxylic acids is 1. The van der Waals surface area contributed by atoms with Gasteiger partial charge in [-0.25, -0.2) is 10.2 Å². The number of carboxylic acids is 1. The molecule has 0 spiro atoms. The zero-order valence-corrected chi connectivity index (χ0v) is 16.3. The van der Waals surface area contributed by atoms with Gasteiger partial charge < -0.3 is 9.52 Å². The third-order valence-corrected chi connectivity index (χ3v) is 4.92. The van der Waals surface area contributed by atoms with Gasteiger partial charge >= 0.3 is 5.97 Å². The average Bonchev–Trinajstić information content (AvgIpc) is 2.88. The number of carbonyl (C=O) groups is 2. The van der Waals surface area contributed by atoms with Crippen LogP contribution in [0.1, 0.15) is 58.1 Å². The first kappa shape index (κ1) is 18.4. The molecule has 0 bridgehead atoms. The normalized spacial score (nSPS) is 17.0. The molecule has 0 fully saturated rings. The summed E-state index contributed by atoms with van der Waals surface area (Å²) in [6.45, 7) is 5.82. The number of rotatable bonds is 3. The highest BCUT2D eigenvalue weighted by Gasteiger charge is 2.36. The van der Waals surface area contributed by atoms with E-state index < -0.39 is 5.97 Å². The van der Waals surface area contributed by atoms with Crippen LogP contribution in [0, 0.1) is 12.3 Å². The molecule has 1 heterocycles. The predicted octanol–water partition coefficient (Wildman–Crippen LogP) is 4.16. The van der Waals surface area contributed by atoms with E-state index in [0.29, 0.717) is 41.0 Å². The Morgan fingerprint density at radius 1 is 1.23 bits per heavy atom. The second-order valence-corrected chi connectivity index (χ2v) is 8.10. The van der Waals surface area contributed by atoms with E-state index in [4.69, 9.17) is 4.42 Å². The van der Waals surface area contributed by atoms with Crippen molar-refractivity contribution in [1.82, 2.24) is 5.43 Å². The summed E-state index contributed by atoms with van der Waals surface area (Å²) >= 11 is 3.33. The summed E-state index contributed by atoms with van der Waals surface area (Å²) in [6.07, 6.45) is 1.23. The van der Waals surface area contributed by atoms with Gasteiger partial charge in [-0.15, -0.1) is 0 Å². The highest BCUT2D eigenvalue weighted by atomic mass is 79.9. The molecule has 26 heavy (non-hydrogen) atoms. The van der Waals surface area contributed by atoms with Crippen LogP contribution >= 0.6 is 15.9 Å². The Morgan fingerprint density at radius 3 is 2.50 bits per heavy atom. The van der Waals surface area contributed by atoms with E-state index in [9.17, 15) is 14.7 Å². The first-order valence-electron chi connectivity index (χ1n) is 8.16. The van der Waals surface area contributed by atoms with Crippen molar-refractivity contribution in [3.8, 4) is 0 Å². The fourth-order valence-corrected chi connectivity index (χ4v) is 3.46. The number of nitrogens with one attached hydrogen (secondary N) is 1. The monoisotopic (exact) mass is 418 g/mol. The van der Waals surface area contributed by atoms with Gasteiger partial charge in [0.15, 0.2) is 0 Å². The van der Waals surface area contributed by atoms with Crippen LogP contribution in [0.25, 0.3) is 0 Å². The first-order chi connectivity index (χ1) is 12.2. The number of amides is 1. The van der Waals surface area contributed by atoms with Gasteiger partial charge in [-0.05, 0) is 43.0 Å². The maximum Gasteiger partial charge on any atom is 0.372 e. The van der Waals surface area contributed by atoms with E-state index in [0.717, 1.165) is 4.47 Å². The van der Waals surface area contributed by atoms with Crippen molar-refractivity contribution in [3.63, 3.8) is 0 Å². The van der Waals surface area contributed by atoms with Crippen LogP contribution in [0.2, 0.25) is 0 Å². The lowest BCUT2D eigenvalue weighted by Crippen LogP contribution is -2.29. The molecule has 7 heteroatoms. The Labute approximate surface area is 159 Å². The van der Waals surface area contributed by atoms with Gasteiger partial charge in [-0.1, -0.05) is 29.8 Å². The molecule has 3 rings (SSSR count). The zero-order valence-electron chi connectivity index (χ0n) is 14.7. The Balaban J connectivity index is 1.94. The predicted molar refractivity (Wildman–Crippen MR) is 101 cm³/mol. The molecular weight excluding hydrogens is 400 g/mol. The molecular formula is C19H19BrN2O4. The number of carboxylic acid groups (broad SMARTS) is 1. The smallest absolute Gasteiger partial charge is 0.372 e. The molecule has 0 aliphatic heterocycles. The van der Waals surface area contributed by atoms with Crippen molar-refractivity contribution in [2.45, 2.75) is 33.6 Å². The molecule has 6 nitrogen and oxygen atoms in total. The second-order valence-electron chi connectivity index (χ2n) is 7.18. The summed E-state index contributed by atoms with van der Waals surface area (Å²) in [6, 6.07) is 6.95. The molecule has 0 unspecified atom stereocenters. The van der Waals surface area contributed by atoms with Gasteiger partial charge in [0.25, 0.3) is 5.91 Å². The van der Waals surface area contributed by atoms with Crippen LogP contribution in [0.5, 0.6) is 0 Å². The summed E-state index contributed by atoms with van der Waals surface area (Å²) in [7, 11) is 0. The third-order valence-electron chi connectivity index (χ3n) is 4.39. The number of fused-ring (bicyclic) bond motifs is 1. The second kappa shape index (κ2) is 6.72. The first-order valence-corrected chi connectivity index (χ1v) is 8.95. The fourth-order valence-electron chi connectivity index (χ4n) is 3.20. The summed E-state index contributed by atoms with van der Waals surface area (Å²) in [5.41, 5.74) is 4.79. The maximum atomic E-state index is 12.3. The lowest BCUT2D eigenvalue weighted by molar-refractivity contribution is 0.0657. The lowest BCUT2D eigenvalue weighted by Gasteiger charge is -2.29. The quantitative estimate of drug-likeness (QED) is 0.731. The van der Waals surface area contributed by atoms with Gasteiger partial charge in [0.2, 0.25) is 5.76 Å². The minimum Gasteiger partial charge on any atom is -0.475 e. The lowest BCUT2D eigenvalue weighted by atomic mass is 9.75. The van der Waals surface area contributed by atoms with Gasteiger partial charge in [-0.2, -0.15) is 5.10 Å². The van der Waals surface area contributed by atoms with Crippen molar-refractivity contribution in [1.29, 1.82) is 0 Å². The van der Waals surface area contributed by atoms with Crippen LogP contribution in [0.3, 0.4) is 0 Å². The molecule has 0 radical (unpaired) electrons. The molecule has 2 aromatic rings. The number of halogens is 1. The third kappa shape index (κ3) is 3.58. The Hall–Kier alpha value is -2.41. The minimum atomic E-state index is -1.10. The van der Waals surface area contributed by atoms with Gasteiger partial charge in [-0.3, -0.25) is 4.79 Å². The summed E-state index contributed by atoms with van der Waals surface area (Å²) < 4.78 is 6.45. The van der Waals surface area contributed by atoms with Crippen LogP contribution in [-0.4, -0.2) is 22.7 Å². The number of nitrogens with zero attached hydrogens (tertiary/aromatic N) is 1. The van der Waals surface area contributed by atoms with E-state index in [2.05, 4.69) is 40.3 Å². The van der Waals surface area contributed by atoms with Crippen molar-refractivity contribution in [2.24, 2.45) is 10.5 Å². The molecule has 1 aromatic carbocycles. The summed E-state index contributed by atoms with van der Waals surface area (Å²) in [5, 5.41) is 13.6. The number of hydrogen-bond donors (Lipinski definition) is 2. The van der Waals surface area contributed by atoms with E-state index in [1.807, 2.05) is 0 Å². The molecule has 0 saturated heterocycles. The highest BCUT2D eigenvalue weighted by molar-refractivity contribution is 9.10. The molecule has 2 N–H and O–H groups in total. The van der Waals surface area contributed by atoms with E-state index in [-0.39, 0.29) is 17.1 Å². The molecule has 0 atom stereocenters. The largest absolute Gasteiger partial charge is 0.475 e. The molecule has 0 saturated carbocycles. The molecule has 1 amide bonds.